The Morgan fingerprint density at radius 3 is 2.18 bits per heavy atom. The zero-order valence-electron chi connectivity index (χ0n) is 20.3. The van der Waals surface area contributed by atoms with Crippen molar-refractivity contribution >= 4 is 11.9 Å². The second kappa shape index (κ2) is 8.98. The summed E-state index contributed by atoms with van der Waals surface area (Å²) in [6, 6.07) is 10.3. The van der Waals surface area contributed by atoms with E-state index in [-0.39, 0.29) is 30.7 Å². The van der Waals surface area contributed by atoms with Gasteiger partial charge < -0.3 is 9.64 Å². The predicted octanol–water partition coefficient (Wildman–Crippen LogP) is 5.10. The quantitative estimate of drug-likeness (QED) is 0.423. The van der Waals surface area contributed by atoms with E-state index in [0.29, 0.717) is 38.1 Å². The Morgan fingerprint density at radius 1 is 0.947 bits per heavy atom. The maximum absolute atomic E-state index is 13.4. The lowest BCUT2D eigenvalue weighted by atomic mass is 9.72. The fourth-order valence-corrected chi connectivity index (χ4v) is 5.85. The van der Waals surface area contributed by atoms with Crippen LogP contribution in [0.5, 0.6) is 0 Å². The van der Waals surface area contributed by atoms with E-state index in [1.54, 1.807) is 4.90 Å². The number of imide groups is 1. The maximum Gasteiger partial charge on any atom is 0.416 e. The maximum atomic E-state index is 13.4. The summed E-state index contributed by atoms with van der Waals surface area (Å²) in [4.78, 5) is 28.7. The molecule has 3 fully saturated rings. The van der Waals surface area contributed by atoms with E-state index in [0.717, 1.165) is 5.56 Å². The Balaban J connectivity index is 1.46. The van der Waals surface area contributed by atoms with Gasteiger partial charge in [-0.2, -0.15) is 26.3 Å². The summed E-state index contributed by atoms with van der Waals surface area (Å²) >= 11 is 0. The lowest BCUT2D eigenvalue weighted by molar-refractivity contribution is -0.147. The number of amides is 3. The molecule has 3 aliphatic rings. The van der Waals surface area contributed by atoms with Gasteiger partial charge >= 0.3 is 18.4 Å². The molecule has 12 heteroatoms. The van der Waals surface area contributed by atoms with Crippen molar-refractivity contribution in [3.05, 3.63) is 70.8 Å². The highest BCUT2D eigenvalue weighted by molar-refractivity contribution is 6.07. The van der Waals surface area contributed by atoms with Gasteiger partial charge in [0.15, 0.2) is 0 Å². The van der Waals surface area contributed by atoms with Gasteiger partial charge in [0.05, 0.1) is 29.4 Å². The van der Waals surface area contributed by atoms with Gasteiger partial charge in [0.2, 0.25) is 0 Å². The van der Waals surface area contributed by atoms with Gasteiger partial charge in [0.25, 0.3) is 5.91 Å². The molecule has 3 saturated heterocycles. The van der Waals surface area contributed by atoms with Crippen molar-refractivity contribution in [1.29, 1.82) is 0 Å². The van der Waals surface area contributed by atoms with Gasteiger partial charge in [-0.25, -0.2) is 4.79 Å². The first kappa shape index (κ1) is 26.5. The SMILES string of the molecule is C[C@@H](OC[C@@]1(c2ccccc2)CC[C@@]23CN1CCN2C(=O)NC3=O)c1cc(C(F)(F)F)cc(C(F)(F)F)c1. The highest BCUT2D eigenvalue weighted by Gasteiger charge is 2.61. The second-order valence-corrected chi connectivity index (χ2v) is 10.1. The molecule has 2 bridgehead atoms. The Labute approximate surface area is 214 Å². The highest BCUT2D eigenvalue weighted by atomic mass is 19.4. The van der Waals surface area contributed by atoms with Crippen LogP contribution in [-0.2, 0) is 27.4 Å². The van der Waals surface area contributed by atoms with Crippen molar-refractivity contribution in [2.75, 3.05) is 26.2 Å². The fraction of sp³-hybridized carbons (Fsp3) is 0.462. The van der Waals surface area contributed by atoms with Crippen molar-refractivity contribution in [1.82, 2.24) is 15.1 Å². The van der Waals surface area contributed by atoms with Crippen LogP contribution >= 0.6 is 0 Å². The number of carbonyl (C=O) groups is 2. The number of nitrogens with zero attached hydrogens (tertiary/aromatic N) is 2. The topological polar surface area (TPSA) is 61.9 Å². The molecular weight excluding hydrogens is 516 g/mol. The number of carbonyl (C=O) groups excluding carboxylic acids is 2. The van der Waals surface area contributed by atoms with Gasteiger partial charge in [0, 0.05) is 19.6 Å². The standard InChI is InChI=1S/C26H25F6N3O3/c1-16(17-11-19(25(27,28)29)13-20(12-17)26(30,31)32)38-15-24(18-5-3-2-4-6-18)8-7-23-14-34(24)9-10-35(23)22(37)33-21(23)36/h2-6,11-13,16H,7-10,14-15H2,1H3,(H,33,36,37)/t16-,23+,24-/m1/s1. The highest BCUT2D eigenvalue weighted by Crippen LogP contribution is 2.47. The molecule has 1 spiro atoms. The lowest BCUT2D eigenvalue weighted by Gasteiger charge is -2.57. The minimum absolute atomic E-state index is 0.0403. The van der Waals surface area contributed by atoms with Crippen molar-refractivity contribution < 1.29 is 40.7 Å². The number of hydrogen-bond donors (Lipinski definition) is 1. The lowest BCUT2D eigenvalue weighted by Crippen LogP contribution is -2.71. The van der Waals surface area contributed by atoms with Crippen molar-refractivity contribution in [2.24, 2.45) is 0 Å². The molecular formula is C26H25F6N3O3. The average Bonchev–Trinajstić information content (AvgIpc) is 3.11. The monoisotopic (exact) mass is 541 g/mol. The van der Waals surface area contributed by atoms with Crippen LogP contribution in [0.3, 0.4) is 0 Å². The van der Waals surface area contributed by atoms with E-state index in [4.69, 9.17) is 4.74 Å². The molecule has 1 N–H and O–H groups in total. The zero-order chi connectivity index (χ0) is 27.5. The molecule has 0 aromatic heterocycles. The van der Waals surface area contributed by atoms with E-state index in [1.165, 1.54) is 6.92 Å². The molecule has 2 aromatic rings. The van der Waals surface area contributed by atoms with Crippen LogP contribution in [0.1, 0.15) is 48.1 Å². The van der Waals surface area contributed by atoms with Crippen LogP contribution in [0.15, 0.2) is 48.5 Å². The van der Waals surface area contributed by atoms with Crippen LogP contribution in [-0.4, -0.2) is 53.5 Å². The first-order chi connectivity index (χ1) is 17.8. The normalized spacial score (nSPS) is 28.2. The van der Waals surface area contributed by atoms with Crippen molar-refractivity contribution in [3.63, 3.8) is 0 Å². The summed E-state index contributed by atoms with van der Waals surface area (Å²) in [5, 5.41) is 2.39. The number of hydrogen-bond acceptors (Lipinski definition) is 4. The van der Waals surface area contributed by atoms with Crippen LogP contribution in [0.4, 0.5) is 31.1 Å². The van der Waals surface area contributed by atoms with E-state index < -0.39 is 46.7 Å². The smallest absolute Gasteiger partial charge is 0.372 e. The van der Waals surface area contributed by atoms with Gasteiger partial charge in [-0.15, -0.1) is 0 Å². The van der Waals surface area contributed by atoms with Crippen LogP contribution in [0, 0.1) is 0 Å². The Hall–Kier alpha value is -3.12. The summed E-state index contributed by atoms with van der Waals surface area (Å²) in [6.07, 6.45) is -10.3. The fourth-order valence-electron chi connectivity index (χ4n) is 5.85. The number of halogens is 6. The molecule has 2 aromatic carbocycles. The number of alkyl halides is 6. The summed E-state index contributed by atoms with van der Waals surface area (Å²) in [7, 11) is 0. The van der Waals surface area contributed by atoms with Gasteiger partial charge in [0.1, 0.15) is 5.54 Å². The molecule has 6 nitrogen and oxygen atoms in total. The van der Waals surface area contributed by atoms with Crippen LogP contribution in [0.2, 0.25) is 0 Å². The molecule has 0 aliphatic carbocycles. The number of rotatable bonds is 5. The van der Waals surface area contributed by atoms with Gasteiger partial charge in [-0.1, -0.05) is 30.3 Å². The van der Waals surface area contributed by atoms with Crippen LogP contribution in [0.25, 0.3) is 0 Å². The number of piperidine rings is 1. The second-order valence-electron chi connectivity index (χ2n) is 10.1. The molecule has 5 rings (SSSR count). The van der Waals surface area contributed by atoms with Gasteiger partial charge in [-0.3, -0.25) is 15.0 Å². The number of nitrogens with one attached hydrogen (secondary N) is 1. The number of ether oxygens (including phenoxy) is 1. The third kappa shape index (κ3) is 4.33. The Kier molecular flexibility index (Phi) is 6.26. The third-order valence-corrected chi connectivity index (χ3v) is 7.97. The molecule has 0 saturated carbocycles. The molecule has 3 heterocycles. The number of benzene rings is 2. The van der Waals surface area contributed by atoms with E-state index in [1.807, 2.05) is 35.2 Å². The number of fused-ring (bicyclic) bond motifs is 1. The molecule has 3 amide bonds. The molecule has 38 heavy (non-hydrogen) atoms. The largest absolute Gasteiger partial charge is 0.416 e. The van der Waals surface area contributed by atoms with Crippen molar-refractivity contribution in [2.45, 2.75) is 49.3 Å². The number of piperazine rings is 1. The van der Waals surface area contributed by atoms with E-state index >= 15 is 0 Å². The Morgan fingerprint density at radius 2 is 1.58 bits per heavy atom. The first-order valence-corrected chi connectivity index (χ1v) is 12.1. The number of urea groups is 1. The zero-order valence-corrected chi connectivity index (χ0v) is 20.3. The van der Waals surface area contributed by atoms with Crippen LogP contribution < -0.4 is 5.32 Å². The summed E-state index contributed by atoms with van der Waals surface area (Å²) in [5.41, 5.74) is -4.00. The predicted molar refractivity (Wildman–Crippen MR) is 123 cm³/mol. The summed E-state index contributed by atoms with van der Waals surface area (Å²) in [6.45, 7) is 2.32. The molecule has 1 unspecified atom stereocenters. The minimum atomic E-state index is -4.96. The summed E-state index contributed by atoms with van der Waals surface area (Å²) in [5.74, 6) is -0.369. The molecule has 0 radical (unpaired) electrons. The first-order valence-electron chi connectivity index (χ1n) is 12.1. The molecule has 204 valence electrons. The molecule has 3 aliphatic heterocycles. The average molecular weight is 541 g/mol. The van der Waals surface area contributed by atoms with E-state index in [9.17, 15) is 35.9 Å². The van der Waals surface area contributed by atoms with E-state index in [2.05, 4.69) is 5.32 Å². The Bertz CT molecular complexity index is 1220. The third-order valence-electron chi connectivity index (χ3n) is 7.97. The minimum Gasteiger partial charge on any atom is -0.372 e. The molecule has 4 atom stereocenters. The van der Waals surface area contributed by atoms with Gasteiger partial charge in [-0.05, 0) is 49.1 Å². The van der Waals surface area contributed by atoms with Crippen molar-refractivity contribution in [3.8, 4) is 0 Å². The summed E-state index contributed by atoms with van der Waals surface area (Å²) < 4.78 is 86.4.